The molecule has 0 saturated carbocycles. The van der Waals surface area contributed by atoms with Crippen LogP contribution in [0.5, 0.6) is 0 Å². The zero-order valence-electron chi connectivity index (χ0n) is 8.46. The first-order chi connectivity index (χ1) is 6.11. The summed E-state index contributed by atoms with van der Waals surface area (Å²) in [4.78, 5) is 0. The first-order valence-corrected chi connectivity index (χ1v) is 5.98. The summed E-state index contributed by atoms with van der Waals surface area (Å²) in [5, 5.41) is 0. The van der Waals surface area contributed by atoms with Gasteiger partial charge in [0.15, 0.2) is 0 Å². The van der Waals surface area contributed by atoms with E-state index in [1.165, 1.54) is 22.4 Å². The van der Waals surface area contributed by atoms with Gasteiger partial charge in [0.05, 0.1) is 0 Å². The van der Waals surface area contributed by atoms with Crippen LogP contribution < -0.4 is 0 Å². The van der Waals surface area contributed by atoms with Gasteiger partial charge in [-0.2, -0.15) is 0 Å². The zero-order valence-corrected chi connectivity index (χ0v) is 10.2. The Balaban J connectivity index is 2.48. The molecule has 2 rings (SSSR count). The predicted octanol–water partition coefficient (Wildman–Crippen LogP) is 1.57. The van der Waals surface area contributed by atoms with Crippen molar-refractivity contribution in [1.82, 2.24) is 3.92 Å². The second-order valence-corrected chi connectivity index (χ2v) is 5.64. The summed E-state index contributed by atoms with van der Waals surface area (Å²) in [7, 11) is 2.16. The molecule has 0 aromatic carbocycles. The van der Waals surface area contributed by atoms with Gasteiger partial charge in [-0.15, -0.1) is 0 Å². The van der Waals surface area contributed by atoms with Crippen LogP contribution in [-0.2, 0) is 0 Å². The van der Waals surface area contributed by atoms with Crippen LogP contribution in [0.3, 0.4) is 0 Å². The first kappa shape index (κ1) is 9.19. The molecule has 1 atom stereocenters. The van der Waals surface area contributed by atoms with E-state index < -0.39 is 0 Å². The molecule has 3 heteroatoms. The molecule has 0 N–H and O–H groups in total. The van der Waals surface area contributed by atoms with Gasteiger partial charge < -0.3 is 0 Å². The second-order valence-electron chi connectivity index (χ2n) is 3.70. The van der Waals surface area contributed by atoms with E-state index in [1.807, 2.05) is 0 Å². The molecular weight excluding hydrogens is 227 g/mol. The van der Waals surface area contributed by atoms with Gasteiger partial charge in [0.25, 0.3) is 0 Å². The summed E-state index contributed by atoms with van der Waals surface area (Å²) < 4.78 is 6.98. The van der Waals surface area contributed by atoms with Crippen molar-refractivity contribution in [2.24, 2.45) is 4.01 Å². The SMILES string of the molecule is CC1=CC(C)=C(C)C2=N[Se]N(C)C12. The van der Waals surface area contributed by atoms with Gasteiger partial charge in [-0.05, 0) is 0 Å². The van der Waals surface area contributed by atoms with E-state index >= 15 is 0 Å². The van der Waals surface area contributed by atoms with Crippen molar-refractivity contribution in [3.05, 3.63) is 22.8 Å². The van der Waals surface area contributed by atoms with E-state index in [9.17, 15) is 0 Å². The van der Waals surface area contributed by atoms with Crippen LogP contribution in [-0.4, -0.2) is 38.1 Å². The maximum atomic E-state index is 4.63. The Hall–Kier alpha value is -0.371. The Morgan fingerprint density at radius 2 is 2.08 bits per heavy atom. The zero-order chi connectivity index (χ0) is 9.59. The molecule has 0 aromatic heterocycles. The molecular formula is C10H14N2Se. The molecule has 2 nitrogen and oxygen atoms in total. The molecule has 1 unspecified atom stereocenters. The summed E-state index contributed by atoms with van der Waals surface area (Å²) in [5.74, 6) is 0. The van der Waals surface area contributed by atoms with E-state index in [-0.39, 0.29) is 0 Å². The number of likely N-dealkylation sites (N-methyl/N-ethyl adjacent to an activating group) is 1. The monoisotopic (exact) mass is 242 g/mol. The molecule has 1 heterocycles. The molecule has 0 radical (unpaired) electrons. The van der Waals surface area contributed by atoms with Gasteiger partial charge >= 0.3 is 85.7 Å². The number of fused-ring (bicyclic) bond motifs is 1. The molecule has 0 amide bonds. The Morgan fingerprint density at radius 1 is 1.38 bits per heavy atom. The summed E-state index contributed by atoms with van der Waals surface area (Å²) in [6, 6.07) is 0.476. The van der Waals surface area contributed by atoms with Crippen molar-refractivity contribution in [1.29, 1.82) is 0 Å². The number of hydrogen-bond donors (Lipinski definition) is 0. The van der Waals surface area contributed by atoms with Gasteiger partial charge in [0.1, 0.15) is 0 Å². The van der Waals surface area contributed by atoms with Crippen molar-refractivity contribution in [3.8, 4) is 0 Å². The van der Waals surface area contributed by atoms with Crippen LogP contribution in [0.25, 0.3) is 0 Å². The normalized spacial score (nSPS) is 28.8. The Kier molecular flexibility index (Phi) is 2.18. The number of hydrogen-bond acceptors (Lipinski definition) is 2. The van der Waals surface area contributed by atoms with Crippen LogP contribution in [0, 0.1) is 0 Å². The number of nitrogens with zero attached hydrogens (tertiary/aromatic N) is 2. The van der Waals surface area contributed by atoms with E-state index in [2.05, 4.69) is 41.8 Å². The summed E-state index contributed by atoms with van der Waals surface area (Å²) in [6.45, 7) is 6.55. The molecule has 0 spiro atoms. The van der Waals surface area contributed by atoms with Crippen molar-refractivity contribution >= 4 is 21.1 Å². The quantitative estimate of drug-likeness (QED) is 0.588. The molecule has 0 fully saturated rings. The summed E-state index contributed by atoms with van der Waals surface area (Å²) in [5.41, 5.74) is 5.49. The second kappa shape index (κ2) is 3.09. The van der Waals surface area contributed by atoms with E-state index in [1.54, 1.807) is 0 Å². The predicted molar refractivity (Wildman–Crippen MR) is 56.9 cm³/mol. The first-order valence-electron chi connectivity index (χ1n) is 4.45. The maximum absolute atomic E-state index is 4.63. The molecule has 70 valence electrons. The van der Waals surface area contributed by atoms with Crippen LogP contribution in [0.15, 0.2) is 26.8 Å². The van der Waals surface area contributed by atoms with E-state index in [0.29, 0.717) is 21.4 Å². The Bertz CT molecular complexity index is 339. The van der Waals surface area contributed by atoms with Crippen LogP contribution in [0.2, 0.25) is 0 Å². The number of allylic oxidation sites excluding steroid dienone is 2. The fourth-order valence-corrected chi connectivity index (χ4v) is 3.59. The third-order valence-electron chi connectivity index (χ3n) is 2.74. The molecule has 2 aliphatic rings. The van der Waals surface area contributed by atoms with Crippen molar-refractivity contribution in [2.45, 2.75) is 26.8 Å². The number of rotatable bonds is 0. The summed E-state index contributed by atoms with van der Waals surface area (Å²) in [6.07, 6.45) is 2.29. The van der Waals surface area contributed by atoms with Crippen molar-refractivity contribution < 1.29 is 0 Å². The van der Waals surface area contributed by atoms with Gasteiger partial charge in [-0.1, -0.05) is 0 Å². The minimum atomic E-state index is 0.307. The van der Waals surface area contributed by atoms with Gasteiger partial charge in [-0.3, -0.25) is 0 Å². The molecule has 1 aliphatic carbocycles. The summed E-state index contributed by atoms with van der Waals surface area (Å²) >= 11 is 0.307. The van der Waals surface area contributed by atoms with E-state index in [4.69, 9.17) is 0 Å². The Morgan fingerprint density at radius 3 is 2.77 bits per heavy atom. The van der Waals surface area contributed by atoms with Crippen LogP contribution in [0.1, 0.15) is 20.8 Å². The van der Waals surface area contributed by atoms with Gasteiger partial charge in [0.2, 0.25) is 0 Å². The van der Waals surface area contributed by atoms with Crippen molar-refractivity contribution in [3.63, 3.8) is 0 Å². The van der Waals surface area contributed by atoms with Crippen LogP contribution in [0.4, 0.5) is 0 Å². The molecule has 13 heavy (non-hydrogen) atoms. The minimum absolute atomic E-state index is 0.307. The third kappa shape index (κ3) is 1.32. The van der Waals surface area contributed by atoms with Crippen molar-refractivity contribution in [2.75, 3.05) is 7.05 Å². The van der Waals surface area contributed by atoms with Gasteiger partial charge in [-0.25, -0.2) is 0 Å². The van der Waals surface area contributed by atoms with Gasteiger partial charge in [0, 0.05) is 0 Å². The van der Waals surface area contributed by atoms with E-state index in [0.717, 1.165) is 0 Å². The molecule has 0 aromatic rings. The average molecular weight is 241 g/mol. The fraction of sp³-hybridized carbons (Fsp3) is 0.500. The Labute approximate surface area is 86.0 Å². The molecule has 0 saturated heterocycles. The average Bonchev–Trinajstić information content (AvgIpc) is 2.44. The molecule has 1 aliphatic heterocycles. The molecule has 0 bridgehead atoms. The third-order valence-corrected chi connectivity index (χ3v) is 4.31. The fourth-order valence-electron chi connectivity index (χ4n) is 1.88. The standard InChI is InChI=1S/C10H14N2Se/c1-6-5-7(2)10-9(8(6)3)11-13-12(10)4/h5,10H,1-4H3. The van der Waals surface area contributed by atoms with Crippen LogP contribution >= 0.6 is 0 Å². The topological polar surface area (TPSA) is 15.6 Å².